The third kappa shape index (κ3) is 4.97. The zero-order valence-electron chi connectivity index (χ0n) is 12.8. The predicted molar refractivity (Wildman–Crippen MR) is 89.6 cm³/mol. The minimum atomic E-state index is -0.444. The molecular weight excluding hydrogens is 352 g/mol. The van der Waals surface area contributed by atoms with E-state index in [2.05, 4.69) is 27.4 Å². The number of hydrogen-bond donors (Lipinski definition) is 1. The van der Waals surface area contributed by atoms with E-state index in [-0.39, 0.29) is 12.1 Å². The van der Waals surface area contributed by atoms with Gasteiger partial charge in [-0.15, -0.1) is 11.3 Å². The Morgan fingerprint density at radius 2 is 2.33 bits per heavy atom. The van der Waals surface area contributed by atoms with Crippen molar-refractivity contribution in [1.29, 1.82) is 0 Å². The van der Waals surface area contributed by atoms with Crippen molar-refractivity contribution in [2.24, 2.45) is 11.7 Å². The topological polar surface area (TPSA) is 55.6 Å². The van der Waals surface area contributed by atoms with Crippen LogP contribution in [0.2, 0.25) is 0 Å². The van der Waals surface area contributed by atoms with Gasteiger partial charge in [0.1, 0.15) is 5.60 Å². The number of amides is 1. The molecule has 1 aliphatic heterocycles. The molecule has 2 atom stereocenters. The summed E-state index contributed by atoms with van der Waals surface area (Å²) in [7, 11) is 0. The average molecular weight is 375 g/mol. The molecule has 1 aromatic heterocycles. The summed E-state index contributed by atoms with van der Waals surface area (Å²) in [6.45, 7) is 7.10. The first-order valence-corrected chi connectivity index (χ1v) is 8.88. The first-order chi connectivity index (χ1) is 9.74. The average Bonchev–Trinajstić information content (AvgIpc) is 2.96. The van der Waals surface area contributed by atoms with E-state index in [1.54, 1.807) is 16.2 Å². The van der Waals surface area contributed by atoms with Crippen LogP contribution in [0.15, 0.2) is 15.9 Å². The van der Waals surface area contributed by atoms with Gasteiger partial charge in [0.2, 0.25) is 0 Å². The molecule has 0 radical (unpaired) electrons. The summed E-state index contributed by atoms with van der Waals surface area (Å²) in [5, 5.41) is 2.07. The molecule has 0 bridgehead atoms. The number of thiophene rings is 1. The van der Waals surface area contributed by atoms with E-state index in [1.165, 1.54) is 4.88 Å². The van der Waals surface area contributed by atoms with Crippen molar-refractivity contribution in [2.45, 2.75) is 45.3 Å². The molecule has 1 saturated heterocycles. The lowest BCUT2D eigenvalue weighted by molar-refractivity contribution is 0.0286. The fraction of sp³-hybridized carbons (Fsp3) is 0.667. The van der Waals surface area contributed by atoms with Gasteiger partial charge >= 0.3 is 6.09 Å². The third-order valence-corrected chi connectivity index (χ3v) is 5.26. The third-order valence-electron chi connectivity index (χ3n) is 3.54. The Hall–Kier alpha value is -0.590. The summed E-state index contributed by atoms with van der Waals surface area (Å²) in [5.41, 5.74) is 5.88. The number of carbonyl (C=O) groups excluding carboxylic acids is 1. The number of nitrogens with two attached hydrogens (primary N) is 1. The highest BCUT2D eigenvalue weighted by Crippen LogP contribution is 2.26. The fourth-order valence-electron chi connectivity index (χ4n) is 2.49. The second-order valence-electron chi connectivity index (χ2n) is 6.57. The van der Waals surface area contributed by atoms with Crippen molar-refractivity contribution in [3.63, 3.8) is 0 Å². The van der Waals surface area contributed by atoms with Crippen LogP contribution >= 0.6 is 27.3 Å². The molecular formula is C15H23BrN2O2S. The van der Waals surface area contributed by atoms with Crippen LogP contribution in [0.1, 0.15) is 32.1 Å². The molecule has 1 aliphatic rings. The Bertz CT molecular complexity index is 498. The highest BCUT2D eigenvalue weighted by Gasteiger charge is 2.32. The molecule has 118 valence electrons. The number of likely N-dealkylation sites (tertiary alicyclic amines) is 1. The Kier molecular flexibility index (Phi) is 5.33. The quantitative estimate of drug-likeness (QED) is 0.878. The van der Waals surface area contributed by atoms with Gasteiger partial charge in [0.05, 0.1) is 0 Å². The van der Waals surface area contributed by atoms with Gasteiger partial charge < -0.3 is 15.4 Å². The number of carbonyl (C=O) groups is 1. The minimum Gasteiger partial charge on any atom is -0.444 e. The number of ether oxygens (including phenoxy) is 1. The number of rotatable bonds is 3. The van der Waals surface area contributed by atoms with E-state index >= 15 is 0 Å². The molecule has 0 aromatic carbocycles. The van der Waals surface area contributed by atoms with Gasteiger partial charge in [-0.1, -0.05) is 0 Å². The lowest BCUT2D eigenvalue weighted by Gasteiger charge is -2.25. The van der Waals surface area contributed by atoms with Gasteiger partial charge in [0, 0.05) is 33.9 Å². The SMILES string of the molecule is CC(C)(C)OC(=O)N1CCC(C(N)Cc2cc(Br)cs2)C1. The lowest BCUT2D eigenvalue weighted by atomic mass is 9.96. The van der Waals surface area contributed by atoms with Crippen molar-refractivity contribution in [3.05, 3.63) is 20.8 Å². The van der Waals surface area contributed by atoms with Crippen LogP contribution in [-0.2, 0) is 11.2 Å². The van der Waals surface area contributed by atoms with Gasteiger partial charge in [0.15, 0.2) is 0 Å². The predicted octanol–water partition coefficient (Wildman–Crippen LogP) is 3.64. The molecule has 21 heavy (non-hydrogen) atoms. The Morgan fingerprint density at radius 1 is 1.62 bits per heavy atom. The van der Waals surface area contributed by atoms with Crippen LogP contribution in [0.5, 0.6) is 0 Å². The summed E-state index contributed by atoms with van der Waals surface area (Å²) in [6.07, 6.45) is 1.59. The molecule has 0 spiro atoms. The van der Waals surface area contributed by atoms with Gasteiger partial charge in [-0.25, -0.2) is 4.79 Å². The molecule has 4 nitrogen and oxygen atoms in total. The van der Waals surface area contributed by atoms with Crippen LogP contribution in [0.25, 0.3) is 0 Å². The second-order valence-corrected chi connectivity index (χ2v) is 8.49. The summed E-state index contributed by atoms with van der Waals surface area (Å²) in [4.78, 5) is 15.1. The van der Waals surface area contributed by atoms with Crippen LogP contribution in [-0.4, -0.2) is 35.7 Å². The summed E-state index contributed by atoms with van der Waals surface area (Å²) >= 11 is 5.18. The summed E-state index contributed by atoms with van der Waals surface area (Å²) in [6, 6.07) is 2.20. The van der Waals surface area contributed by atoms with Gasteiger partial charge in [-0.3, -0.25) is 0 Å². The molecule has 2 heterocycles. The second kappa shape index (κ2) is 6.67. The monoisotopic (exact) mass is 374 g/mol. The zero-order valence-corrected chi connectivity index (χ0v) is 15.2. The smallest absolute Gasteiger partial charge is 0.410 e. The van der Waals surface area contributed by atoms with Crippen LogP contribution in [0, 0.1) is 5.92 Å². The molecule has 1 fully saturated rings. The molecule has 2 N–H and O–H groups in total. The highest BCUT2D eigenvalue weighted by atomic mass is 79.9. The molecule has 6 heteroatoms. The fourth-order valence-corrected chi connectivity index (χ4v) is 4.01. The first-order valence-electron chi connectivity index (χ1n) is 7.21. The van der Waals surface area contributed by atoms with Crippen molar-refractivity contribution < 1.29 is 9.53 Å². The van der Waals surface area contributed by atoms with Gasteiger partial charge in [0.25, 0.3) is 0 Å². The molecule has 2 rings (SSSR count). The minimum absolute atomic E-state index is 0.0861. The lowest BCUT2D eigenvalue weighted by Crippen LogP contribution is -2.38. The Balaban J connectivity index is 1.85. The van der Waals surface area contributed by atoms with Crippen LogP contribution < -0.4 is 5.73 Å². The maximum absolute atomic E-state index is 12.0. The van der Waals surface area contributed by atoms with E-state index in [0.717, 1.165) is 23.9 Å². The van der Waals surface area contributed by atoms with E-state index in [4.69, 9.17) is 10.5 Å². The first kappa shape index (κ1) is 16.8. The Labute approximate surface area is 138 Å². The Morgan fingerprint density at radius 3 is 2.90 bits per heavy atom. The largest absolute Gasteiger partial charge is 0.444 e. The van der Waals surface area contributed by atoms with E-state index in [9.17, 15) is 4.79 Å². The maximum atomic E-state index is 12.0. The van der Waals surface area contributed by atoms with Crippen molar-refractivity contribution in [2.75, 3.05) is 13.1 Å². The molecule has 1 amide bonds. The van der Waals surface area contributed by atoms with Crippen LogP contribution in [0.3, 0.4) is 0 Å². The van der Waals surface area contributed by atoms with Crippen molar-refractivity contribution in [1.82, 2.24) is 4.90 Å². The number of nitrogens with zero attached hydrogens (tertiary/aromatic N) is 1. The summed E-state index contributed by atoms with van der Waals surface area (Å²) < 4.78 is 6.52. The maximum Gasteiger partial charge on any atom is 0.410 e. The van der Waals surface area contributed by atoms with E-state index in [0.29, 0.717) is 12.5 Å². The van der Waals surface area contributed by atoms with E-state index < -0.39 is 5.60 Å². The van der Waals surface area contributed by atoms with Crippen molar-refractivity contribution >= 4 is 33.4 Å². The van der Waals surface area contributed by atoms with E-state index in [1.807, 2.05) is 20.8 Å². The number of halogens is 1. The zero-order chi connectivity index (χ0) is 15.6. The molecule has 0 aliphatic carbocycles. The molecule has 2 unspecified atom stereocenters. The summed E-state index contributed by atoms with van der Waals surface area (Å²) in [5.74, 6) is 0.346. The van der Waals surface area contributed by atoms with Crippen molar-refractivity contribution in [3.8, 4) is 0 Å². The standard InChI is InChI=1S/C15H23BrN2O2S/c1-15(2,3)20-14(19)18-5-4-10(8-18)13(17)7-12-6-11(16)9-21-12/h6,9-10,13H,4-5,7-8,17H2,1-3H3. The highest BCUT2D eigenvalue weighted by molar-refractivity contribution is 9.10. The van der Waals surface area contributed by atoms with Gasteiger partial charge in [-0.2, -0.15) is 0 Å². The normalized spacial score (nSPS) is 20.6. The molecule has 1 aromatic rings. The molecule has 0 saturated carbocycles. The number of hydrogen-bond acceptors (Lipinski definition) is 4. The van der Waals surface area contributed by atoms with Crippen LogP contribution in [0.4, 0.5) is 4.79 Å². The van der Waals surface area contributed by atoms with Gasteiger partial charge in [-0.05, 0) is 61.5 Å².